The lowest BCUT2D eigenvalue weighted by Gasteiger charge is -2.25. The molecule has 1 aliphatic heterocycles. The van der Waals surface area contributed by atoms with Crippen molar-refractivity contribution in [2.75, 3.05) is 13.1 Å². The summed E-state index contributed by atoms with van der Waals surface area (Å²) in [4.78, 5) is 14.9. The highest BCUT2D eigenvalue weighted by Crippen LogP contribution is 2.28. The number of hydrogen-bond donors (Lipinski definition) is 1. The van der Waals surface area contributed by atoms with Crippen molar-refractivity contribution >= 4 is 5.91 Å². The van der Waals surface area contributed by atoms with Crippen LogP contribution in [0.15, 0.2) is 54.6 Å². The number of carbonyl (C=O) groups is 1. The topological polar surface area (TPSA) is 55.6 Å². The maximum absolute atomic E-state index is 13.0. The van der Waals surface area contributed by atoms with E-state index in [1.807, 2.05) is 59.5 Å². The molecule has 126 valence electrons. The Morgan fingerprint density at radius 2 is 1.92 bits per heavy atom. The number of nitrogens with zero attached hydrogens (tertiary/aromatic N) is 1. The molecule has 0 bridgehead atoms. The Morgan fingerprint density at radius 3 is 2.58 bits per heavy atom. The maximum Gasteiger partial charge on any atom is 0.268 e. The first-order chi connectivity index (χ1) is 11.7. The third-order valence-corrected chi connectivity index (χ3v) is 4.46. The first-order valence-electron chi connectivity index (χ1n) is 8.53. The zero-order chi connectivity index (χ0) is 16.9. The minimum absolute atomic E-state index is 0.0138. The second-order valence-electron chi connectivity index (χ2n) is 6.20. The van der Waals surface area contributed by atoms with Crippen LogP contribution in [-0.2, 0) is 11.2 Å². The number of amides is 1. The van der Waals surface area contributed by atoms with E-state index in [1.165, 1.54) is 0 Å². The number of rotatable bonds is 5. The Balaban J connectivity index is 1.89. The summed E-state index contributed by atoms with van der Waals surface area (Å²) < 4.78 is 6.20. The Kier molecular flexibility index (Phi) is 5.16. The van der Waals surface area contributed by atoms with Crippen molar-refractivity contribution in [1.29, 1.82) is 0 Å². The second-order valence-corrected chi connectivity index (χ2v) is 6.20. The highest BCUT2D eigenvalue weighted by atomic mass is 16.5. The summed E-state index contributed by atoms with van der Waals surface area (Å²) in [5, 5.41) is 0. The number of hydrogen-bond acceptors (Lipinski definition) is 3. The number of carbonyl (C=O) groups excluding carboxylic acids is 1. The Hall–Kier alpha value is -2.33. The van der Waals surface area contributed by atoms with Crippen molar-refractivity contribution in [3.63, 3.8) is 0 Å². The molecule has 1 saturated heterocycles. The smallest absolute Gasteiger partial charge is 0.268 e. The number of ether oxygens (including phenoxy) is 1. The zero-order valence-electron chi connectivity index (χ0n) is 14.0. The summed E-state index contributed by atoms with van der Waals surface area (Å²) in [5.41, 5.74) is 7.94. The van der Waals surface area contributed by atoms with Crippen LogP contribution in [-0.4, -0.2) is 29.9 Å². The molecule has 2 N–H and O–H groups in total. The van der Waals surface area contributed by atoms with E-state index in [1.54, 1.807) is 0 Å². The van der Waals surface area contributed by atoms with Crippen LogP contribution in [0.2, 0.25) is 0 Å². The highest BCUT2D eigenvalue weighted by molar-refractivity contribution is 5.83. The standard InChI is InChI=1S/C20H24N2O2/c1-2-15-8-6-7-11-18(15)24-19(16-9-4-3-5-10-16)20(23)22-13-12-17(21)14-22/h3-11,17,19H,2,12-14,21H2,1H3/t17-,19?/m1/s1. The molecular weight excluding hydrogens is 300 g/mol. The molecule has 0 saturated carbocycles. The molecule has 2 aromatic carbocycles. The van der Waals surface area contributed by atoms with Gasteiger partial charge >= 0.3 is 0 Å². The average molecular weight is 324 g/mol. The van der Waals surface area contributed by atoms with E-state index in [4.69, 9.17) is 10.5 Å². The van der Waals surface area contributed by atoms with Crippen molar-refractivity contribution in [3.8, 4) is 5.75 Å². The van der Waals surface area contributed by atoms with Crippen LogP contribution in [0.3, 0.4) is 0 Å². The fourth-order valence-corrected chi connectivity index (χ4v) is 3.08. The van der Waals surface area contributed by atoms with Gasteiger partial charge in [-0.05, 0) is 24.5 Å². The van der Waals surface area contributed by atoms with Gasteiger partial charge < -0.3 is 15.4 Å². The number of aryl methyl sites for hydroxylation is 1. The lowest BCUT2D eigenvalue weighted by molar-refractivity contribution is -0.138. The number of benzene rings is 2. The Morgan fingerprint density at radius 1 is 1.21 bits per heavy atom. The van der Waals surface area contributed by atoms with Crippen LogP contribution in [0.4, 0.5) is 0 Å². The first-order valence-corrected chi connectivity index (χ1v) is 8.53. The summed E-state index contributed by atoms with van der Waals surface area (Å²) in [5.74, 6) is 0.755. The lowest BCUT2D eigenvalue weighted by Crippen LogP contribution is -2.37. The molecule has 1 heterocycles. The lowest BCUT2D eigenvalue weighted by atomic mass is 10.1. The number of para-hydroxylation sites is 1. The normalized spacial score (nSPS) is 18.4. The van der Waals surface area contributed by atoms with Gasteiger partial charge in [-0.2, -0.15) is 0 Å². The number of nitrogens with two attached hydrogens (primary N) is 1. The van der Waals surface area contributed by atoms with Gasteiger partial charge in [0.25, 0.3) is 5.91 Å². The van der Waals surface area contributed by atoms with Crippen LogP contribution in [0, 0.1) is 0 Å². The molecule has 0 aliphatic carbocycles. The SMILES string of the molecule is CCc1ccccc1OC(C(=O)N1CC[C@@H](N)C1)c1ccccc1. The summed E-state index contributed by atoms with van der Waals surface area (Å²) in [6.45, 7) is 3.38. The van der Waals surface area contributed by atoms with Crippen LogP contribution in [0.1, 0.15) is 30.6 Å². The fourth-order valence-electron chi connectivity index (χ4n) is 3.08. The van der Waals surface area contributed by atoms with Crippen molar-refractivity contribution in [2.24, 2.45) is 5.73 Å². The van der Waals surface area contributed by atoms with Crippen molar-refractivity contribution in [2.45, 2.75) is 31.9 Å². The van der Waals surface area contributed by atoms with Gasteiger partial charge in [0.2, 0.25) is 6.10 Å². The average Bonchev–Trinajstić information content (AvgIpc) is 3.06. The molecule has 4 heteroatoms. The van der Waals surface area contributed by atoms with Gasteiger partial charge in [0.05, 0.1) is 0 Å². The van der Waals surface area contributed by atoms with Gasteiger partial charge in [-0.25, -0.2) is 0 Å². The quantitative estimate of drug-likeness (QED) is 0.920. The van der Waals surface area contributed by atoms with Gasteiger partial charge in [0.15, 0.2) is 0 Å². The Labute approximate surface area is 143 Å². The van der Waals surface area contributed by atoms with Crippen LogP contribution >= 0.6 is 0 Å². The van der Waals surface area contributed by atoms with E-state index in [0.29, 0.717) is 13.1 Å². The zero-order valence-corrected chi connectivity index (χ0v) is 14.0. The predicted octanol–water partition coefficient (Wildman–Crippen LogP) is 2.93. The minimum Gasteiger partial charge on any atom is -0.476 e. The van der Waals surface area contributed by atoms with Crippen LogP contribution < -0.4 is 10.5 Å². The Bertz CT molecular complexity index is 687. The van der Waals surface area contributed by atoms with Crippen LogP contribution in [0.25, 0.3) is 0 Å². The molecule has 24 heavy (non-hydrogen) atoms. The van der Waals surface area contributed by atoms with Gasteiger partial charge in [-0.1, -0.05) is 55.5 Å². The van der Waals surface area contributed by atoms with E-state index in [0.717, 1.165) is 29.7 Å². The van der Waals surface area contributed by atoms with E-state index < -0.39 is 6.10 Å². The largest absolute Gasteiger partial charge is 0.476 e. The first kappa shape index (κ1) is 16.5. The fraction of sp³-hybridized carbons (Fsp3) is 0.350. The summed E-state index contributed by atoms with van der Waals surface area (Å²) >= 11 is 0. The molecule has 3 rings (SSSR count). The molecule has 1 amide bonds. The molecule has 1 unspecified atom stereocenters. The van der Waals surface area contributed by atoms with Gasteiger partial charge in [-0.15, -0.1) is 0 Å². The van der Waals surface area contributed by atoms with Crippen LogP contribution in [0.5, 0.6) is 5.75 Å². The molecule has 1 aliphatic rings. The van der Waals surface area contributed by atoms with E-state index in [-0.39, 0.29) is 11.9 Å². The third-order valence-electron chi connectivity index (χ3n) is 4.46. The molecule has 2 aromatic rings. The monoisotopic (exact) mass is 324 g/mol. The van der Waals surface area contributed by atoms with Crippen molar-refractivity contribution in [1.82, 2.24) is 4.90 Å². The summed E-state index contributed by atoms with van der Waals surface area (Å²) in [7, 11) is 0. The maximum atomic E-state index is 13.0. The van der Waals surface area contributed by atoms with Gasteiger partial charge in [-0.3, -0.25) is 4.79 Å². The van der Waals surface area contributed by atoms with E-state index in [2.05, 4.69) is 6.92 Å². The van der Waals surface area contributed by atoms with Gasteiger partial charge in [0, 0.05) is 24.7 Å². The highest BCUT2D eigenvalue weighted by Gasteiger charge is 2.32. The molecule has 1 fully saturated rings. The molecule has 0 radical (unpaired) electrons. The number of likely N-dealkylation sites (tertiary alicyclic amines) is 1. The molecule has 0 aromatic heterocycles. The van der Waals surface area contributed by atoms with Gasteiger partial charge in [0.1, 0.15) is 5.75 Å². The van der Waals surface area contributed by atoms with E-state index in [9.17, 15) is 4.79 Å². The molecule has 0 spiro atoms. The predicted molar refractivity (Wildman–Crippen MR) is 94.8 cm³/mol. The van der Waals surface area contributed by atoms with Crippen molar-refractivity contribution in [3.05, 3.63) is 65.7 Å². The molecule has 4 nitrogen and oxygen atoms in total. The minimum atomic E-state index is -0.635. The summed E-state index contributed by atoms with van der Waals surface area (Å²) in [6, 6.07) is 17.6. The molecule has 2 atom stereocenters. The summed E-state index contributed by atoms with van der Waals surface area (Å²) in [6.07, 6.45) is 1.07. The van der Waals surface area contributed by atoms with Crippen molar-refractivity contribution < 1.29 is 9.53 Å². The molecular formula is C20H24N2O2. The van der Waals surface area contributed by atoms with E-state index >= 15 is 0 Å². The third kappa shape index (κ3) is 3.60. The second kappa shape index (κ2) is 7.49.